The lowest BCUT2D eigenvalue weighted by molar-refractivity contribution is -0.156. The van der Waals surface area contributed by atoms with E-state index in [1.54, 1.807) is 12.4 Å². The molecule has 0 heterocycles. The van der Waals surface area contributed by atoms with Crippen LogP contribution < -0.4 is 5.48 Å². The smallest absolute Gasteiger partial charge is 0.358 e. The highest BCUT2D eigenvalue weighted by Crippen LogP contribution is 2.02. The van der Waals surface area contributed by atoms with Crippen LogP contribution in [-0.2, 0) is 28.8 Å². The molecule has 1 amide bonds. The van der Waals surface area contributed by atoms with E-state index in [0.29, 0.717) is 0 Å². The molecule has 0 aliphatic carbocycles. The molecule has 0 rings (SSSR count). The Morgan fingerprint density at radius 3 is 2.28 bits per heavy atom. The Morgan fingerprint density at radius 2 is 1.78 bits per heavy atom. The zero-order valence-corrected chi connectivity index (χ0v) is 10.3. The molecule has 0 unspecified atom stereocenters. The van der Waals surface area contributed by atoms with Gasteiger partial charge in [0.2, 0.25) is 0 Å². The Bertz CT molecular complexity index is 374. The molecule has 0 saturated heterocycles. The highest BCUT2D eigenvalue weighted by molar-refractivity contribution is 5.98. The van der Waals surface area contributed by atoms with E-state index >= 15 is 0 Å². The lowest BCUT2D eigenvalue weighted by Gasteiger charge is -2.06. The second kappa shape index (κ2) is 7.99. The molecule has 0 aromatic rings. The van der Waals surface area contributed by atoms with Crippen molar-refractivity contribution < 1.29 is 28.8 Å². The second-order valence-corrected chi connectivity index (χ2v) is 3.38. The molecule has 7 heteroatoms. The van der Waals surface area contributed by atoms with Crippen molar-refractivity contribution in [2.24, 2.45) is 0 Å². The molecule has 7 nitrogen and oxygen atoms in total. The van der Waals surface area contributed by atoms with Crippen molar-refractivity contribution in [1.82, 2.24) is 5.48 Å². The predicted molar refractivity (Wildman–Crippen MR) is 59.9 cm³/mol. The molecule has 0 saturated carbocycles. The number of amides is 1. The maximum absolute atomic E-state index is 11.2. The van der Waals surface area contributed by atoms with Crippen molar-refractivity contribution in [3.05, 3.63) is 12.2 Å². The minimum absolute atomic E-state index is 0.156. The minimum atomic E-state index is -0.958. The van der Waals surface area contributed by atoms with Crippen LogP contribution >= 0.6 is 0 Å². The monoisotopic (exact) mass is 257 g/mol. The van der Waals surface area contributed by atoms with E-state index in [4.69, 9.17) is 0 Å². The van der Waals surface area contributed by atoms with Crippen molar-refractivity contribution >= 4 is 23.6 Å². The van der Waals surface area contributed by atoms with E-state index in [1.807, 2.05) is 0 Å². The molecule has 0 bridgehead atoms. The fourth-order valence-corrected chi connectivity index (χ4v) is 0.896. The summed E-state index contributed by atoms with van der Waals surface area (Å²) in [5, 5.41) is 0. The molecule has 0 aromatic heterocycles. The molecular formula is C11H15NO6. The summed E-state index contributed by atoms with van der Waals surface area (Å²) in [5.74, 6) is -2.69. The Balaban J connectivity index is 4.02. The third-order valence-electron chi connectivity index (χ3n) is 1.62. The topological polar surface area (TPSA) is 98.8 Å². The molecule has 0 aliphatic rings. The van der Waals surface area contributed by atoms with E-state index in [0.717, 1.165) is 0 Å². The highest BCUT2D eigenvalue weighted by Gasteiger charge is 2.15. The number of hydroxylamine groups is 1. The summed E-state index contributed by atoms with van der Waals surface area (Å²) in [6, 6.07) is 0. The van der Waals surface area contributed by atoms with Gasteiger partial charge in [-0.05, 0) is 13.8 Å². The molecule has 0 fully saturated rings. The molecule has 0 aromatic carbocycles. The van der Waals surface area contributed by atoms with Gasteiger partial charge < -0.3 is 9.57 Å². The lowest BCUT2D eigenvalue weighted by Crippen LogP contribution is -2.29. The number of Topliss-reactive ketones (excluding diaryl/α,β-unsaturated/α-hetero) is 1. The van der Waals surface area contributed by atoms with Crippen LogP contribution in [0.2, 0.25) is 0 Å². The number of carbonyl (C=O) groups excluding carboxylic acids is 4. The molecule has 0 aliphatic heterocycles. The third-order valence-corrected chi connectivity index (χ3v) is 1.62. The van der Waals surface area contributed by atoms with E-state index in [1.165, 1.54) is 6.92 Å². The van der Waals surface area contributed by atoms with Gasteiger partial charge in [0.1, 0.15) is 5.78 Å². The largest absolute Gasteiger partial charge is 0.466 e. The van der Waals surface area contributed by atoms with Gasteiger partial charge in [-0.1, -0.05) is 6.58 Å². The van der Waals surface area contributed by atoms with Gasteiger partial charge in [-0.25, -0.2) is 4.79 Å². The van der Waals surface area contributed by atoms with Crippen molar-refractivity contribution in [2.45, 2.75) is 26.7 Å². The van der Waals surface area contributed by atoms with Gasteiger partial charge in [0.15, 0.2) is 0 Å². The standard InChI is InChI=1S/C11H15NO6/c1-4-17-10(15)5-7(2)11(16)18-12-9(14)6-8(3)13/h2,4-6H2,1,3H3,(H,12,14). The number of hydrogen-bond donors (Lipinski definition) is 1. The van der Waals surface area contributed by atoms with Crippen LogP contribution in [0.1, 0.15) is 26.7 Å². The average molecular weight is 257 g/mol. The number of ketones is 1. The Kier molecular flexibility index (Phi) is 7.02. The Morgan fingerprint density at radius 1 is 1.17 bits per heavy atom. The second-order valence-electron chi connectivity index (χ2n) is 3.38. The van der Waals surface area contributed by atoms with Gasteiger partial charge in [-0.2, -0.15) is 5.48 Å². The summed E-state index contributed by atoms with van der Waals surface area (Å²) in [6.45, 7) is 6.36. The Hall–Kier alpha value is -2.18. The predicted octanol–water partition coefficient (Wildman–Crippen LogP) is 0.0493. The average Bonchev–Trinajstić information content (AvgIpc) is 2.25. The maximum Gasteiger partial charge on any atom is 0.358 e. The first-order valence-electron chi connectivity index (χ1n) is 5.19. The first-order chi connectivity index (χ1) is 8.36. The third kappa shape index (κ3) is 7.15. The summed E-state index contributed by atoms with van der Waals surface area (Å²) >= 11 is 0. The number of rotatable bonds is 6. The number of hydrogen-bond acceptors (Lipinski definition) is 6. The van der Waals surface area contributed by atoms with E-state index in [2.05, 4.69) is 16.2 Å². The summed E-state index contributed by atoms with van der Waals surface area (Å²) in [6.07, 6.45) is -0.715. The van der Waals surface area contributed by atoms with Gasteiger partial charge in [0.25, 0.3) is 5.91 Å². The van der Waals surface area contributed by atoms with Crippen molar-refractivity contribution in [3.63, 3.8) is 0 Å². The van der Waals surface area contributed by atoms with Crippen LogP contribution in [0.5, 0.6) is 0 Å². The first kappa shape index (κ1) is 15.8. The van der Waals surface area contributed by atoms with Gasteiger partial charge in [-0.3, -0.25) is 14.4 Å². The van der Waals surface area contributed by atoms with Gasteiger partial charge >= 0.3 is 11.9 Å². The van der Waals surface area contributed by atoms with Crippen LogP contribution in [0.15, 0.2) is 12.2 Å². The van der Waals surface area contributed by atoms with E-state index < -0.39 is 24.3 Å². The number of ether oxygens (including phenoxy) is 1. The van der Waals surface area contributed by atoms with Crippen LogP contribution in [0.25, 0.3) is 0 Å². The quantitative estimate of drug-likeness (QED) is 0.312. The first-order valence-corrected chi connectivity index (χ1v) is 5.19. The molecule has 1 N–H and O–H groups in total. The number of carbonyl (C=O) groups is 4. The van der Waals surface area contributed by atoms with Gasteiger partial charge in [0.05, 0.1) is 19.4 Å². The zero-order chi connectivity index (χ0) is 14.1. The van der Waals surface area contributed by atoms with Gasteiger partial charge in [0, 0.05) is 5.57 Å². The minimum Gasteiger partial charge on any atom is -0.466 e. The van der Waals surface area contributed by atoms with E-state index in [9.17, 15) is 19.2 Å². The molecule has 100 valence electrons. The number of esters is 1. The van der Waals surface area contributed by atoms with Crippen molar-refractivity contribution in [3.8, 4) is 0 Å². The summed E-state index contributed by atoms with van der Waals surface area (Å²) in [4.78, 5) is 48.2. The fraction of sp³-hybridized carbons (Fsp3) is 0.455. The molecule has 18 heavy (non-hydrogen) atoms. The van der Waals surface area contributed by atoms with Crippen molar-refractivity contribution in [1.29, 1.82) is 0 Å². The zero-order valence-electron chi connectivity index (χ0n) is 10.3. The van der Waals surface area contributed by atoms with Crippen LogP contribution in [0.4, 0.5) is 0 Å². The molecule has 0 spiro atoms. The van der Waals surface area contributed by atoms with Crippen LogP contribution in [0, 0.1) is 0 Å². The number of nitrogens with one attached hydrogen (secondary N) is 1. The maximum atomic E-state index is 11.2. The molecular weight excluding hydrogens is 242 g/mol. The van der Waals surface area contributed by atoms with Gasteiger partial charge in [-0.15, -0.1) is 0 Å². The summed E-state index contributed by atoms with van der Waals surface area (Å²) in [5.41, 5.74) is 1.62. The normalized spacial score (nSPS) is 9.22. The Labute approximate surface area is 104 Å². The van der Waals surface area contributed by atoms with Crippen LogP contribution in [0.3, 0.4) is 0 Å². The fourth-order valence-electron chi connectivity index (χ4n) is 0.896. The molecule has 0 radical (unpaired) electrons. The summed E-state index contributed by atoms with van der Waals surface area (Å²) < 4.78 is 4.60. The van der Waals surface area contributed by atoms with Crippen LogP contribution in [-0.4, -0.2) is 30.2 Å². The SMILES string of the molecule is C=C(CC(=O)OCC)C(=O)ONC(=O)CC(C)=O. The molecule has 0 atom stereocenters. The summed E-state index contributed by atoms with van der Waals surface area (Å²) in [7, 11) is 0. The van der Waals surface area contributed by atoms with Crippen molar-refractivity contribution in [2.75, 3.05) is 6.61 Å². The lowest BCUT2D eigenvalue weighted by atomic mass is 10.2. The van der Waals surface area contributed by atoms with E-state index in [-0.39, 0.29) is 24.4 Å². The highest BCUT2D eigenvalue weighted by atomic mass is 16.7.